The van der Waals surface area contributed by atoms with Crippen molar-refractivity contribution in [3.05, 3.63) is 35.4 Å². The van der Waals surface area contributed by atoms with E-state index in [9.17, 15) is 8.42 Å². The summed E-state index contributed by atoms with van der Waals surface area (Å²) in [7, 11) is -1.20. The zero-order valence-electron chi connectivity index (χ0n) is 13.7. The molecule has 1 N–H and O–H groups in total. The molecule has 21 heavy (non-hydrogen) atoms. The molecule has 0 aromatic heterocycles. The van der Waals surface area contributed by atoms with Crippen molar-refractivity contribution in [3.8, 4) is 0 Å². The zero-order chi connectivity index (χ0) is 15.9. The minimum absolute atomic E-state index is 0.127. The van der Waals surface area contributed by atoms with Gasteiger partial charge in [-0.3, -0.25) is 0 Å². The molecule has 120 valence electrons. The van der Waals surface area contributed by atoms with Gasteiger partial charge in [0.25, 0.3) is 0 Å². The maximum absolute atomic E-state index is 12.2. The van der Waals surface area contributed by atoms with Gasteiger partial charge in [-0.15, -0.1) is 0 Å². The average molecular weight is 311 g/mol. The van der Waals surface area contributed by atoms with Gasteiger partial charge in [0, 0.05) is 6.04 Å². The quantitative estimate of drug-likeness (QED) is 0.760. The third kappa shape index (κ3) is 6.62. The van der Waals surface area contributed by atoms with E-state index in [1.54, 1.807) is 0 Å². The molecular formula is C17H29NO2S. The van der Waals surface area contributed by atoms with Gasteiger partial charge in [-0.1, -0.05) is 51.5 Å². The number of aryl methyl sites for hydroxylation is 1. The van der Waals surface area contributed by atoms with Crippen molar-refractivity contribution in [2.24, 2.45) is 5.92 Å². The number of rotatable bonds is 9. The Morgan fingerprint density at radius 3 is 2.24 bits per heavy atom. The van der Waals surface area contributed by atoms with Gasteiger partial charge in [0.15, 0.2) is 9.84 Å². The molecule has 4 heteroatoms. The highest BCUT2D eigenvalue weighted by atomic mass is 32.2. The van der Waals surface area contributed by atoms with E-state index in [0.29, 0.717) is 5.92 Å². The molecule has 1 rings (SSSR count). The van der Waals surface area contributed by atoms with Crippen LogP contribution in [-0.2, 0) is 16.3 Å². The second-order valence-electron chi connectivity index (χ2n) is 6.13. The monoisotopic (exact) mass is 311 g/mol. The lowest BCUT2D eigenvalue weighted by atomic mass is 10.0. The van der Waals surface area contributed by atoms with E-state index in [0.717, 1.165) is 24.8 Å². The molecule has 0 bridgehead atoms. The molecule has 0 aliphatic rings. The Kier molecular flexibility index (Phi) is 7.40. The van der Waals surface area contributed by atoms with Gasteiger partial charge in [-0.05, 0) is 36.9 Å². The first kappa shape index (κ1) is 18.2. The lowest BCUT2D eigenvalue weighted by molar-refractivity contribution is 0.558. The van der Waals surface area contributed by atoms with E-state index in [1.807, 2.05) is 19.2 Å². The topological polar surface area (TPSA) is 46.2 Å². The van der Waals surface area contributed by atoms with Gasteiger partial charge >= 0.3 is 0 Å². The van der Waals surface area contributed by atoms with Crippen LogP contribution in [0.15, 0.2) is 24.3 Å². The summed E-state index contributed by atoms with van der Waals surface area (Å²) in [5.74, 6) is 0.862. The first-order valence-corrected chi connectivity index (χ1v) is 9.66. The van der Waals surface area contributed by atoms with Gasteiger partial charge in [-0.2, -0.15) is 0 Å². The van der Waals surface area contributed by atoms with Gasteiger partial charge in [0.05, 0.1) is 11.5 Å². The number of nitrogens with one attached hydrogen (secondary N) is 1. The van der Waals surface area contributed by atoms with E-state index >= 15 is 0 Å². The second kappa shape index (κ2) is 8.54. The summed E-state index contributed by atoms with van der Waals surface area (Å²) in [6, 6.07) is 8.17. The molecule has 0 aliphatic carbocycles. The van der Waals surface area contributed by atoms with Crippen molar-refractivity contribution >= 4 is 9.84 Å². The van der Waals surface area contributed by atoms with Crippen LogP contribution in [0.25, 0.3) is 0 Å². The molecular weight excluding hydrogens is 282 g/mol. The number of benzene rings is 1. The molecule has 1 unspecified atom stereocenters. The SMILES string of the molecule is CCCc1ccc(C(CS(=O)(=O)CCC(C)C)NC)cc1. The Labute approximate surface area is 130 Å². The summed E-state index contributed by atoms with van der Waals surface area (Å²) < 4.78 is 24.4. The van der Waals surface area contributed by atoms with Crippen molar-refractivity contribution in [2.45, 2.75) is 46.1 Å². The van der Waals surface area contributed by atoms with Gasteiger partial charge in [0.1, 0.15) is 0 Å². The molecule has 0 aliphatic heterocycles. The van der Waals surface area contributed by atoms with E-state index in [4.69, 9.17) is 0 Å². The van der Waals surface area contributed by atoms with Crippen LogP contribution in [-0.4, -0.2) is 27.0 Å². The molecule has 0 saturated carbocycles. The molecule has 1 aromatic rings. The molecule has 0 radical (unpaired) electrons. The second-order valence-corrected chi connectivity index (χ2v) is 8.36. The minimum Gasteiger partial charge on any atom is -0.312 e. The largest absolute Gasteiger partial charge is 0.312 e. The summed E-state index contributed by atoms with van der Waals surface area (Å²) in [5.41, 5.74) is 2.35. The molecule has 0 heterocycles. The molecule has 3 nitrogen and oxygen atoms in total. The van der Waals surface area contributed by atoms with Crippen LogP contribution in [0.2, 0.25) is 0 Å². The van der Waals surface area contributed by atoms with Crippen LogP contribution in [0.1, 0.15) is 50.8 Å². The fourth-order valence-corrected chi connectivity index (χ4v) is 4.17. The van der Waals surface area contributed by atoms with E-state index in [1.165, 1.54) is 5.56 Å². The third-order valence-corrected chi connectivity index (χ3v) is 5.39. The first-order chi connectivity index (χ1) is 9.88. The highest BCUT2D eigenvalue weighted by molar-refractivity contribution is 7.91. The van der Waals surface area contributed by atoms with Crippen LogP contribution < -0.4 is 5.32 Å². The van der Waals surface area contributed by atoms with Crippen molar-refractivity contribution in [2.75, 3.05) is 18.6 Å². The lowest BCUT2D eigenvalue weighted by Crippen LogP contribution is -2.27. The molecule has 1 aromatic carbocycles. The normalized spacial score (nSPS) is 13.6. The van der Waals surface area contributed by atoms with Crippen LogP contribution in [0.3, 0.4) is 0 Å². The summed E-state index contributed by atoms with van der Waals surface area (Å²) >= 11 is 0. The molecule has 1 atom stereocenters. The summed E-state index contributed by atoms with van der Waals surface area (Å²) in [6.45, 7) is 6.26. The van der Waals surface area contributed by atoms with Crippen molar-refractivity contribution in [3.63, 3.8) is 0 Å². The smallest absolute Gasteiger partial charge is 0.152 e. The minimum atomic E-state index is -3.02. The summed E-state index contributed by atoms with van der Waals surface area (Å²) in [6.07, 6.45) is 2.92. The van der Waals surface area contributed by atoms with Crippen molar-refractivity contribution < 1.29 is 8.42 Å². The number of hydrogen-bond acceptors (Lipinski definition) is 3. The molecule has 0 fully saturated rings. The zero-order valence-corrected chi connectivity index (χ0v) is 14.5. The fourth-order valence-electron chi connectivity index (χ4n) is 2.30. The summed E-state index contributed by atoms with van der Waals surface area (Å²) in [4.78, 5) is 0. The lowest BCUT2D eigenvalue weighted by Gasteiger charge is -2.17. The van der Waals surface area contributed by atoms with Crippen LogP contribution in [0, 0.1) is 5.92 Å². The van der Waals surface area contributed by atoms with Crippen molar-refractivity contribution in [1.29, 1.82) is 0 Å². The highest BCUT2D eigenvalue weighted by Gasteiger charge is 2.19. The summed E-state index contributed by atoms with van der Waals surface area (Å²) in [5, 5.41) is 3.13. The van der Waals surface area contributed by atoms with Crippen LogP contribution in [0.4, 0.5) is 0 Å². The van der Waals surface area contributed by atoms with E-state index < -0.39 is 9.84 Å². The van der Waals surface area contributed by atoms with Crippen LogP contribution >= 0.6 is 0 Å². The Hall–Kier alpha value is -0.870. The number of sulfone groups is 1. The molecule has 0 spiro atoms. The van der Waals surface area contributed by atoms with Gasteiger partial charge < -0.3 is 5.32 Å². The Bertz CT molecular complexity index is 506. The Morgan fingerprint density at radius 2 is 1.76 bits per heavy atom. The highest BCUT2D eigenvalue weighted by Crippen LogP contribution is 2.18. The maximum atomic E-state index is 12.2. The Morgan fingerprint density at radius 1 is 1.14 bits per heavy atom. The third-order valence-electron chi connectivity index (χ3n) is 3.70. The van der Waals surface area contributed by atoms with Gasteiger partial charge in [0.2, 0.25) is 0 Å². The molecule has 0 saturated heterocycles. The average Bonchev–Trinajstić information content (AvgIpc) is 2.44. The molecule has 0 amide bonds. The van der Waals surface area contributed by atoms with Crippen LogP contribution in [0.5, 0.6) is 0 Å². The Balaban J connectivity index is 2.73. The fraction of sp³-hybridized carbons (Fsp3) is 0.647. The standard InChI is InChI=1S/C17H29NO2S/c1-5-6-15-7-9-16(10-8-15)17(18-4)13-21(19,20)12-11-14(2)3/h7-10,14,17-18H,5-6,11-13H2,1-4H3. The van der Waals surface area contributed by atoms with E-state index in [-0.39, 0.29) is 17.5 Å². The maximum Gasteiger partial charge on any atom is 0.152 e. The number of hydrogen-bond donors (Lipinski definition) is 1. The first-order valence-electron chi connectivity index (χ1n) is 7.84. The van der Waals surface area contributed by atoms with Gasteiger partial charge in [-0.25, -0.2) is 8.42 Å². The van der Waals surface area contributed by atoms with Crippen molar-refractivity contribution in [1.82, 2.24) is 5.32 Å². The predicted molar refractivity (Wildman–Crippen MR) is 90.3 cm³/mol. The predicted octanol–water partition coefficient (Wildman–Crippen LogP) is 3.36. The van der Waals surface area contributed by atoms with E-state index in [2.05, 4.69) is 38.2 Å².